The van der Waals surface area contributed by atoms with Crippen molar-refractivity contribution < 1.29 is 14.3 Å². The number of aliphatic hydroxyl groups is 1. The number of halogens is 2. The van der Waals surface area contributed by atoms with Crippen LogP contribution in [0.25, 0.3) is 0 Å². The Morgan fingerprint density at radius 1 is 1.19 bits per heavy atom. The molecule has 6 heteroatoms. The average molecular weight is 497 g/mol. The molecule has 1 saturated carbocycles. The maximum absolute atomic E-state index is 13.5. The van der Waals surface area contributed by atoms with E-state index >= 15 is 0 Å². The molecule has 1 aliphatic carbocycles. The second kappa shape index (κ2) is 12.3. The predicted octanol–water partition coefficient (Wildman–Crippen LogP) is 5.07. The van der Waals surface area contributed by atoms with Gasteiger partial charge in [0.15, 0.2) is 0 Å². The largest absolute Gasteiger partial charge is 0.383 e. The molecule has 1 aliphatic heterocycles. The van der Waals surface area contributed by atoms with Crippen LogP contribution in [0.3, 0.4) is 0 Å². The van der Waals surface area contributed by atoms with Crippen molar-refractivity contribution >= 4 is 21.8 Å². The van der Waals surface area contributed by atoms with E-state index in [9.17, 15) is 14.3 Å². The zero-order valence-electron chi connectivity index (χ0n) is 18.8. The molecule has 1 aromatic rings. The van der Waals surface area contributed by atoms with Crippen LogP contribution in [0, 0.1) is 17.7 Å². The van der Waals surface area contributed by atoms with Crippen LogP contribution in [0.4, 0.5) is 4.39 Å². The summed E-state index contributed by atoms with van der Waals surface area (Å²) in [6, 6.07) is 5.23. The normalized spacial score (nSPS) is 24.1. The first-order valence-corrected chi connectivity index (χ1v) is 12.9. The monoisotopic (exact) mass is 496 g/mol. The van der Waals surface area contributed by atoms with Crippen LogP contribution in [0.5, 0.6) is 0 Å². The van der Waals surface area contributed by atoms with Gasteiger partial charge in [-0.3, -0.25) is 4.79 Å². The number of aliphatic hydroxyl groups excluding tert-OH is 1. The molecular weight excluding hydrogens is 459 g/mol. The Kier molecular flexibility index (Phi) is 9.79. The minimum Gasteiger partial charge on any atom is -0.383 e. The fourth-order valence-electron chi connectivity index (χ4n) is 5.11. The van der Waals surface area contributed by atoms with Crippen molar-refractivity contribution in [1.82, 2.24) is 10.2 Å². The lowest BCUT2D eigenvalue weighted by Gasteiger charge is -2.33. The van der Waals surface area contributed by atoms with Gasteiger partial charge in [0, 0.05) is 10.5 Å². The van der Waals surface area contributed by atoms with E-state index in [0.29, 0.717) is 12.3 Å². The van der Waals surface area contributed by atoms with Crippen LogP contribution in [-0.4, -0.2) is 47.7 Å². The zero-order valence-corrected chi connectivity index (χ0v) is 20.4. The van der Waals surface area contributed by atoms with Gasteiger partial charge in [0.2, 0.25) is 5.91 Å². The topological polar surface area (TPSA) is 52.6 Å². The molecule has 0 aromatic heterocycles. The Bertz CT molecular complexity index is 701. The molecule has 1 amide bonds. The highest BCUT2D eigenvalue weighted by Gasteiger charge is 2.25. The van der Waals surface area contributed by atoms with Gasteiger partial charge < -0.3 is 15.3 Å². The molecule has 1 aromatic carbocycles. The summed E-state index contributed by atoms with van der Waals surface area (Å²) in [6.07, 6.45) is 9.90. The van der Waals surface area contributed by atoms with Gasteiger partial charge in [0.1, 0.15) is 11.9 Å². The first-order chi connectivity index (χ1) is 14.9. The lowest BCUT2D eigenvalue weighted by Crippen LogP contribution is -2.42. The van der Waals surface area contributed by atoms with Gasteiger partial charge in [0.05, 0.1) is 0 Å². The minimum atomic E-state index is -0.864. The molecule has 2 aliphatic rings. The molecule has 0 radical (unpaired) electrons. The molecule has 31 heavy (non-hydrogen) atoms. The first-order valence-electron chi connectivity index (χ1n) is 12.1. The summed E-state index contributed by atoms with van der Waals surface area (Å²) in [5.41, 5.74) is 1.09. The second-order valence-corrected chi connectivity index (χ2v) is 10.4. The smallest absolute Gasteiger partial charge is 0.249 e. The summed E-state index contributed by atoms with van der Waals surface area (Å²) in [7, 11) is 0. The molecule has 1 atom stereocenters. The SMILES string of the molecule is CCC(O)C(=O)NC1CCC(CCCN2CCC(Cc3cc(F)ccc3Br)CC2)CC1. The Balaban J connectivity index is 1.28. The van der Waals surface area contributed by atoms with E-state index < -0.39 is 6.10 Å². The third-order valence-corrected chi connectivity index (χ3v) is 7.97. The number of likely N-dealkylation sites (tertiary alicyclic amines) is 1. The van der Waals surface area contributed by atoms with Gasteiger partial charge in [-0.1, -0.05) is 22.9 Å². The number of piperidine rings is 1. The van der Waals surface area contributed by atoms with E-state index in [-0.39, 0.29) is 17.8 Å². The van der Waals surface area contributed by atoms with Gasteiger partial charge in [0.25, 0.3) is 0 Å². The van der Waals surface area contributed by atoms with Gasteiger partial charge >= 0.3 is 0 Å². The van der Waals surface area contributed by atoms with Gasteiger partial charge in [-0.25, -0.2) is 4.39 Å². The second-order valence-electron chi connectivity index (χ2n) is 9.52. The van der Waals surface area contributed by atoms with Crippen LogP contribution >= 0.6 is 15.9 Å². The summed E-state index contributed by atoms with van der Waals surface area (Å²) in [5, 5.41) is 12.6. The van der Waals surface area contributed by atoms with Gasteiger partial charge in [-0.05, 0) is 119 Å². The fraction of sp³-hybridized carbons (Fsp3) is 0.720. The summed E-state index contributed by atoms with van der Waals surface area (Å²) in [4.78, 5) is 14.4. The van der Waals surface area contributed by atoms with E-state index in [1.807, 2.05) is 13.0 Å². The van der Waals surface area contributed by atoms with E-state index in [1.54, 1.807) is 6.07 Å². The number of carbonyl (C=O) groups is 1. The van der Waals surface area contributed by atoms with Gasteiger partial charge in [-0.15, -0.1) is 0 Å². The number of amides is 1. The lowest BCUT2D eigenvalue weighted by atomic mass is 9.83. The van der Waals surface area contributed by atoms with Crippen molar-refractivity contribution in [3.05, 3.63) is 34.1 Å². The molecule has 3 rings (SSSR count). The fourth-order valence-corrected chi connectivity index (χ4v) is 5.52. The van der Waals surface area contributed by atoms with Crippen molar-refractivity contribution in [3.8, 4) is 0 Å². The molecule has 1 unspecified atom stereocenters. The molecule has 2 N–H and O–H groups in total. The van der Waals surface area contributed by atoms with Crippen molar-refractivity contribution in [2.24, 2.45) is 11.8 Å². The standard InChI is InChI=1S/C25H38BrFN2O2/c1-2-24(30)25(31)28-22-8-5-18(6-9-22)4-3-13-29-14-11-19(12-15-29)16-20-17-21(27)7-10-23(20)26/h7,10,17-19,22,24,30H,2-6,8-9,11-16H2,1H3,(H,28,31). The quantitative estimate of drug-likeness (QED) is 0.501. The molecular formula is C25H38BrFN2O2. The number of carbonyl (C=O) groups excluding carboxylic acids is 1. The van der Waals surface area contributed by atoms with E-state index in [4.69, 9.17) is 0 Å². The Labute approximate surface area is 195 Å². The van der Waals surface area contributed by atoms with Crippen molar-refractivity contribution in [2.75, 3.05) is 19.6 Å². The first kappa shape index (κ1) is 24.7. The Morgan fingerprint density at radius 2 is 1.90 bits per heavy atom. The highest BCUT2D eigenvalue weighted by atomic mass is 79.9. The van der Waals surface area contributed by atoms with Crippen LogP contribution < -0.4 is 5.32 Å². The molecule has 0 bridgehead atoms. The third kappa shape index (κ3) is 7.83. The van der Waals surface area contributed by atoms with Crippen LogP contribution in [-0.2, 0) is 11.2 Å². The molecule has 1 saturated heterocycles. The maximum atomic E-state index is 13.5. The maximum Gasteiger partial charge on any atom is 0.249 e. The molecule has 0 spiro atoms. The molecule has 174 valence electrons. The molecule has 4 nitrogen and oxygen atoms in total. The van der Waals surface area contributed by atoms with Crippen molar-refractivity contribution in [3.63, 3.8) is 0 Å². The highest BCUT2D eigenvalue weighted by Crippen LogP contribution is 2.29. The summed E-state index contributed by atoms with van der Waals surface area (Å²) >= 11 is 3.56. The van der Waals surface area contributed by atoms with Gasteiger partial charge in [-0.2, -0.15) is 0 Å². The summed E-state index contributed by atoms with van der Waals surface area (Å²) in [5.74, 6) is 1.06. The van der Waals surface area contributed by atoms with E-state index in [2.05, 4.69) is 26.1 Å². The average Bonchev–Trinajstić information content (AvgIpc) is 2.78. The van der Waals surface area contributed by atoms with Crippen molar-refractivity contribution in [2.45, 2.75) is 83.3 Å². The summed E-state index contributed by atoms with van der Waals surface area (Å²) < 4.78 is 14.5. The highest BCUT2D eigenvalue weighted by molar-refractivity contribution is 9.10. The van der Waals surface area contributed by atoms with E-state index in [0.717, 1.165) is 48.3 Å². The third-order valence-electron chi connectivity index (χ3n) is 7.19. The number of nitrogens with zero attached hydrogens (tertiary/aromatic N) is 1. The minimum absolute atomic E-state index is 0.148. The van der Waals surface area contributed by atoms with Crippen LogP contribution in [0.2, 0.25) is 0 Å². The number of nitrogens with one attached hydrogen (secondary N) is 1. The molecule has 1 heterocycles. The number of hydrogen-bond donors (Lipinski definition) is 2. The van der Waals surface area contributed by atoms with E-state index in [1.165, 1.54) is 51.1 Å². The summed E-state index contributed by atoms with van der Waals surface area (Å²) in [6.45, 7) is 5.30. The number of benzene rings is 1. The number of rotatable bonds is 9. The Morgan fingerprint density at radius 3 is 2.58 bits per heavy atom. The molecule has 2 fully saturated rings. The predicted molar refractivity (Wildman–Crippen MR) is 126 cm³/mol. The van der Waals surface area contributed by atoms with Crippen molar-refractivity contribution in [1.29, 1.82) is 0 Å². The number of hydrogen-bond acceptors (Lipinski definition) is 3. The van der Waals surface area contributed by atoms with Crippen LogP contribution in [0.1, 0.15) is 70.3 Å². The van der Waals surface area contributed by atoms with Crippen LogP contribution in [0.15, 0.2) is 22.7 Å². The Hall–Kier alpha value is -0.980. The zero-order chi connectivity index (χ0) is 22.2. The lowest BCUT2D eigenvalue weighted by molar-refractivity contribution is -0.130.